The molecule has 0 bridgehead atoms. The first-order valence-electron chi connectivity index (χ1n) is 8.16. The number of halogens is 3. The van der Waals surface area contributed by atoms with Crippen LogP contribution in [0.2, 0.25) is 0 Å². The van der Waals surface area contributed by atoms with Gasteiger partial charge in [0.25, 0.3) is 0 Å². The average molecular weight is 294 g/mol. The van der Waals surface area contributed by atoms with Gasteiger partial charge in [-0.3, -0.25) is 0 Å². The van der Waals surface area contributed by atoms with E-state index in [2.05, 4.69) is 6.92 Å². The molecule has 0 aromatic heterocycles. The maximum absolute atomic E-state index is 12.6. The van der Waals surface area contributed by atoms with Crippen LogP contribution in [0.3, 0.4) is 0 Å². The molecule has 0 heterocycles. The minimum Gasteiger partial charge on any atom is -0.390 e. The van der Waals surface area contributed by atoms with Gasteiger partial charge in [-0.1, -0.05) is 51.9 Å². The van der Waals surface area contributed by atoms with E-state index in [9.17, 15) is 18.3 Å². The van der Waals surface area contributed by atoms with Crippen LogP contribution in [0.25, 0.3) is 0 Å². The van der Waals surface area contributed by atoms with E-state index in [0.29, 0.717) is 19.3 Å². The van der Waals surface area contributed by atoms with Gasteiger partial charge in [0.1, 0.15) is 0 Å². The molecule has 1 N–H and O–H groups in total. The van der Waals surface area contributed by atoms with E-state index in [4.69, 9.17) is 0 Å². The highest BCUT2D eigenvalue weighted by atomic mass is 19.4. The predicted octanol–water partition coefficient (Wildman–Crippen LogP) is 5.61. The number of hydrogen-bond donors (Lipinski definition) is 1. The number of aliphatic hydroxyl groups is 1. The van der Waals surface area contributed by atoms with E-state index >= 15 is 0 Å². The molecule has 0 radical (unpaired) electrons. The average Bonchev–Trinajstić information content (AvgIpc) is 2.37. The summed E-state index contributed by atoms with van der Waals surface area (Å²) >= 11 is 0. The highest BCUT2D eigenvalue weighted by Gasteiger charge is 2.44. The molecule has 1 rings (SSSR count). The van der Waals surface area contributed by atoms with Gasteiger partial charge in [-0.25, -0.2) is 0 Å². The molecular formula is C16H29F3O. The molecule has 0 aromatic rings. The van der Waals surface area contributed by atoms with Crippen molar-refractivity contribution in [2.45, 2.75) is 95.8 Å². The van der Waals surface area contributed by atoms with E-state index in [1.165, 1.54) is 32.1 Å². The fraction of sp³-hybridized carbons (Fsp3) is 1.00. The summed E-state index contributed by atoms with van der Waals surface area (Å²) < 4.78 is 37.7. The van der Waals surface area contributed by atoms with E-state index in [-0.39, 0.29) is 12.8 Å². The summed E-state index contributed by atoms with van der Waals surface area (Å²) in [6.07, 6.45) is 5.65. The van der Waals surface area contributed by atoms with Gasteiger partial charge in [0.2, 0.25) is 0 Å². The maximum Gasteiger partial charge on any atom is 0.391 e. The minimum absolute atomic E-state index is 0.0938. The molecule has 0 spiro atoms. The molecule has 120 valence electrons. The lowest BCUT2D eigenvalue weighted by Crippen LogP contribution is -2.38. The Morgan fingerprint density at radius 1 is 0.950 bits per heavy atom. The first-order chi connectivity index (χ1) is 9.37. The summed E-state index contributed by atoms with van der Waals surface area (Å²) in [6.45, 7) is 2.19. The van der Waals surface area contributed by atoms with Gasteiger partial charge in [0.15, 0.2) is 0 Å². The third-order valence-electron chi connectivity index (χ3n) is 4.62. The van der Waals surface area contributed by atoms with Crippen LogP contribution in [-0.4, -0.2) is 16.9 Å². The largest absolute Gasteiger partial charge is 0.391 e. The quantitative estimate of drug-likeness (QED) is 0.577. The van der Waals surface area contributed by atoms with Crippen molar-refractivity contribution in [3.05, 3.63) is 0 Å². The molecule has 4 heteroatoms. The lowest BCUT2D eigenvalue weighted by Gasteiger charge is -2.36. The van der Waals surface area contributed by atoms with Crippen LogP contribution in [-0.2, 0) is 0 Å². The molecule has 0 atom stereocenters. The monoisotopic (exact) mass is 294 g/mol. The van der Waals surface area contributed by atoms with Gasteiger partial charge in [0.05, 0.1) is 11.5 Å². The van der Waals surface area contributed by atoms with Gasteiger partial charge in [-0.15, -0.1) is 0 Å². The van der Waals surface area contributed by atoms with Gasteiger partial charge in [0, 0.05) is 0 Å². The second kappa shape index (κ2) is 8.26. The third-order valence-corrected chi connectivity index (χ3v) is 4.62. The predicted molar refractivity (Wildman–Crippen MR) is 75.6 cm³/mol. The molecule has 1 fully saturated rings. The standard InChI is InChI=1S/C16H29F3O/c1-2-3-4-5-6-7-8-11-15(20)12-9-14(10-13-15)16(17,18)19/h14,20H,2-13H2,1H3. The van der Waals surface area contributed by atoms with Gasteiger partial charge in [-0.2, -0.15) is 13.2 Å². The van der Waals surface area contributed by atoms with Crippen LogP contribution >= 0.6 is 0 Å². The van der Waals surface area contributed by atoms with Crippen LogP contribution in [0, 0.1) is 5.92 Å². The Morgan fingerprint density at radius 3 is 1.95 bits per heavy atom. The van der Waals surface area contributed by atoms with Crippen LogP contribution < -0.4 is 0 Å². The van der Waals surface area contributed by atoms with Crippen LogP contribution in [0.5, 0.6) is 0 Å². The van der Waals surface area contributed by atoms with Crippen molar-refractivity contribution >= 4 is 0 Å². The van der Waals surface area contributed by atoms with Crippen molar-refractivity contribution in [1.82, 2.24) is 0 Å². The normalized spacial score (nSPS) is 27.8. The summed E-state index contributed by atoms with van der Waals surface area (Å²) in [6, 6.07) is 0. The van der Waals surface area contributed by atoms with Crippen molar-refractivity contribution in [2.75, 3.05) is 0 Å². The summed E-state index contributed by atoms with van der Waals surface area (Å²) in [5, 5.41) is 10.3. The summed E-state index contributed by atoms with van der Waals surface area (Å²) in [5.74, 6) is -1.20. The van der Waals surface area contributed by atoms with Crippen molar-refractivity contribution in [3.8, 4) is 0 Å². The lowest BCUT2D eigenvalue weighted by molar-refractivity contribution is -0.192. The van der Waals surface area contributed by atoms with Crippen molar-refractivity contribution in [3.63, 3.8) is 0 Å². The Hall–Kier alpha value is -0.250. The van der Waals surface area contributed by atoms with E-state index < -0.39 is 17.7 Å². The zero-order valence-corrected chi connectivity index (χ0v) is 12.6. The summed E-state index contributed by atoms with van der Waals surface area (Å²) in [7, 11) is 0. The molecule has 20 heavy (non-hydrogen) atoms. The first-order valence-corrected chi connectivity index (χ1v) is 8.16. The van der Waals surface area contributed by atoms with Crippen molar-refractivity contribution in [2.24, 2.45) is 5.92 Å². The third kappa shape index (κ3) is 6.47. The highest BCUT2D eigenvalue weighted by molar-refractivity contribution is 4.87. The molecule has 1 saturated carbocycles. The van der Waals surface area contributed by atoms with E-state index in [0.717, 1.165) is 12.8 Å². The second-order valence-corrected chi connectivity index (χ2v) is 6.41. The van der Waals surface area contributed by atoms with E-state index in [1.807, 2.05) is 0 Å². The molecule has 0 amide bonds. The summed E-state index contributed by atoms with van der Waals surface area (Å²) in [4.78, 5) is 0. The van der Waals surface area contributed by atoms with Crippen LogP contribution in [0.4, 0.5) is 13.2 Å². The molecule has 0 aliphatic heterocycles. The Kier molecular flexibility index (Phi) is 7.35. The Labute approximate surface area is 120 Å². The smallest absolute Gasteiger partial charge is 0.390 e. The minimum atomic E-state index is -4.08. The first kappa shape index (κ1) is 17.8. The highest BCUT2D eigenvalue weighted by Crippen LogP contribution is 2.42. The van der Waals surface area contributed by atoms with Crippen LogP contribution in [0.15, 0.2) is 0 Å². The topological polar surface area (TPSA) is 20.2 Å². The molecule has 1 aliphatic carbocycles. The second-order valence-electron chi connectivity index (χ2n) is 6.41. The number of alkyl halides is 3. The zero-order valence-electron chi connectivity index (χ0n) is 12.6. The lowest BCUT2D eigenvalue weighted by atomic mass is 9.76. The van der Waals surface area contributed by atoms with E-state index in [1.54, 1.807) is 0 Å². The van der Waals surface area contributed by atoms with Gasteiger partial charge in [-0.05, 0) is 32.1 Å². The molecule has 1 aliphatic rings. The zero-order chi connectivity index (χ0) is 15.1. The number of rotatable bonds is 8. The fourth-order valence-corrected chi connectivity index (χ4v) is 3.14. The Morgan fingerprint density at radius 2 is 1.45 bits per heavy atom. The SMILES string of the molecule is CCCCCCCCCC1(O)CCC(C(F)(F)F)CC1. The molecule has 0 saturated heterocycles. The molecule has 1 nitrogen and oxygen atoms in total. The summed E-state index contributed by atoms with van der Waals surface area (Å²) in [5.41, 5.74) is -0.828. The molecular weight excluding hydrogens is 265 g/mol. The Balaban J connectivity index is 2.12. The molecule has 0 aromatic carbocycles. The van der Waals surface area contributed by atoms with Gasteiger partial charge >= 0.3 is 6.18 Å². The van der Waals surface area contributed by atoms with Crippen LogP contribution in [0.1, 0.15) is 84.0 Å². The number of hydrogen-bond acceptors (Lipinski definition) is 1. The fourth-order valence-electron chi connectivity index (χ4n) is 3.14. The maximum atomic E-state index is 12.6. The molecule has 0 unspecified atom stereocenters. The van der Waals surface area contributed by atoms with Crippen molar-refractivity contribution in [1.29, 1.82) is 0 Å². The van der Waals surface area contributed by atoms with Crippen molar-refractivity contribution < 1.29 is 18.3 Å². The Bertz CT molecular complexity index is 255. The number of unbranched alkanes of at least 4 members (excludes halogenated alkanes) is 6. The van der Waals surface area contributed by atoms with Gasteiger partial charge < -0.3 is 5.11 Å².